The molecule has 5 heteroatoms. The van der Waals surface area contributed by atoms with Gasteiger partial charge in [0.1, 0.15) is 0 Å². The number of hydrogen-bond donors (Lipinski definition) is 0. The molecule has 0 unspecified atom stereocenters. The van der Waals surface area contributed by atoms with Crippen molar-refractivity contribution in [1.29, 1.82) is 0 Å². The zero-order chi connectivity index (χ0) is 18.5. The van der Waals surface area contributed by atoms with E-state index >= 15 is 0 Å². The number of carbonyl (C=O) groups is 1. The van der Waals surface area contributed by atoms with Crippen LogP contribution in [-0.4, -0.2) is 20.5 Å². The molecule has 2 aromatic carbocycles. The van der Waals surface area contributed by atoms with E-state index in [1.54, 1.807) is 11.3 Å². The van der Waals surface area contributed by atoms with Gasteiger partial charge in [-0.25, -0.2) is 9.67 Å². The molecule has 0 bridgehead atoms. The Labute approximate surface area is 161 Å². The molecule has 0 aliphatic heterocycles. The minimum absolute atomic E-state index is 0.0652. The predicted octanol–water partition coefficient (Wildman–Crippen LogP) is 5.33. The van der Waals surface area contributed by atoms with Crippen LogP contribution in [0.15, 0.2) is 60.0 Å². The van der Waals surface area contributed by atoms with E-state index in [1.165, 1.54) is 0 Å². The molecule has 1 aliphatic carbocycles. The second-order valence-corrected chi connectivity index (χ2v) is 7.77. The summed E-state index contributed by atoms with van der Waals surface area (Å²) in [6.45, 7) is 4.14. The highest BCUT2D eigenvalue weighted by atomic mass is 32.1. The summed E-state index contributed by atoms with van der Waals surface area (Å²) in [4.78, 5) is 17.8. The smallest absolute Gasteiger partial charge is 0.211 e. The van der Waals surface area contributed by atoms with Crippen LogP contribution in [-0.2, 0) is 0 Å². The quantitative estimate of drug-likeness (QED) is 0.431. The molecule has 4 nitrogen and oxygen atoms in total. The van der Waals surface area contributed by atoms with Gasteiger partial charge in [-0.3, -0.25) is 4.79 Å². The maximum Gasteiger partial charge on any atom is 0.211 e. The van der Waals surface area contributed by atoms with Crippen molar-refractivity contribution in [3.63, 3.8) is 0 Å². The molecule has 0 saturated heterocycles. The second-order valence-electron chi connectivity index (χ2n) is 6.93. The van der Waals surface area contributed by atoms with Gasteiger partial charge in [-0.15, -0.1) is 11.3 Å². The Morgan fingerprint density at radius 1 is 0.963 bits per heavy atom. The number of fused-ring (bicyclic) bond motifs is 3. The summed E-state index contributed by atoms with van der Waals surface area (Å²) in [6, 6.07) is 17.9. The van der Waals surface area contributed by atoms with E-state index in [-0.39, 0.29) is 11.7 Å². The van der Waals surface area contributed by atoms with Crippen LogP contribution in [0.2, 0.25) is 0 Å². The molecule has 0 N–H and O–H groups in total. The average Bonchev–Trinajstić information content (AvgIpc) is 3.38. The van der Waals surface area contributed by atoms with Gasteiger partial charge in [-0.05, 0) is 5.92 Å². The first kappa shape index (κ1) is 16.1. The maximum absolute atomic E-state index is 13.0. The summed E-state index contributed by atoms with van der Waals surface area (Å²) < 4.78 is 1.85. The molecular weight excluding hydrogens is 354 g/mol. The molecule has 0 radical (unpaired) electrons. The van der Waals surface area contributed by atoms with E-state index < -0.39 is 0 Å². The summed E-state index contributed by atoms with van der Waals surface area (Å²) in [6.07, 6.45) is 0. The van der Waals surface area contributed by atoms with Crippen molar-refractivity contribution >= 4 is 17.1 Å². The number of aromatic nitrogens is 3. The van der Waals surface area contributed by atoms with Gasteiger partial charge in [-0.1, -0.05) is 68.4 Å². The highest BCUT2D eigenvalue weighted by Crippen LogP contribution is 2.42. The number of ketones is 1. The Morgan fingerprint density at radius 3 is 2.41 bits per heavy atom. The van der Waals surface area contributed by atoms with E-state index in [4.69, 9.17) is 10.1 Å². The number of rotatable bonds is 3. The number of nitrogens with zero attached hydrogens (tertiary/aromatic N) is 3. The third kappa shape index (κ3) is 2.39. The fourth-order valence-electron chi connectivity index (χ4n) is 3.58. The lowest BCUT2D eigenvalue weighted by atomic mass is 10.0. The van der Waals surface area contributed by atoms with Crippen molar-refractivity contribution in [3.8, 4) is 27.6 Å². The Balaban J connectivity index is 1.72. The monoisotopic (exact) mass is 371 g/mol. The van der Waals surface area contributed by atoms with Crippen LogP contribution in [0.1, 0.15) is 41.4 Å². The number of thiazole rings is 1. The maximum atomic E-state index is 13.0. The lowest BCUT2D eigenvalue weighted by Crippen LogP contribution is -2.03. The molecule has 0 fully saturated rings. The van der Waals surface area contributed by atoms with Crippen LogP contribution < -0.4 is 0 Å². The van der Waals surface area contributed by atoms with E-state index in [0.717, 1.165) is 44.5 Å². The number of benzene rings is 2. The van der Waals surface area contributed by atoms with Crippen LogP contribution >= 0.6 is 11.3 Å². The molecule has 27 heavy (non-hydrogen) atoms. The third-order valence-electron chi connectivity index (χ3n) is 4.86. The Bertz CT molecular complexity index is 1170. The van der Waals surface area contributed by atoms with Gasteiger partial charge >= 0.3 is 0 Å². The minimum Gasteiger partial charge on any atom is -0.288 e. The van der Waals surface area contributed by atoms with Crippen LogP contribution in [0.5, 0.6) is 0 Å². The average molecular weight is 371 g/mol. The van der Waals surface area contributed by atoms with Gasteiger partial charge in [-0.2, -0.15) is 5.10 Å². The summed E-state index contributed by atoms with van der Waals surface area (Å²) in [5.74, 6) is 0.224. The van der Waals surface area contributed by atoms with E-state index in [2.05, 4.69) is 13.8 Å². The molecule has 0 saturated carbocycles. The van der Waals surface area contributed by atoms with Crippen molar-refractivity contribution < 1.29 is 4.79 Å². The number of carbonyl (C=O) groups excluding carboxylic acids is 1. The zero-order valence-electron chi connectivity index (χ0n) is 15.0. The highest BCUT2D eigenvalue weighted by molar-refractivity contribution is 7.12. The fraction of sp³-hybridized carbons (Fsp3) is 0.136. The van der Waals surface area contributed by atoms with Gasteiger partial charge in [0, 0.05) is 22.1 Å². The first-order chi connectivity index (χ1) is 13.1. The van der Waals surface area contributed by atoms with Crippen molar-refractivity contribution in [2.75, 3.05) is 0 Å². The molecule has 2 heterocycles. The van der Waals surface area contributed by atoms with Crippen molar-refractivity contribution in [2.45, 2.75) is 19.8 Å². The Morgan fingerprint density at radius 2 is 1.67 bits per heavy atom. The summed E-state index contributed by atoms with van der Waals surface area (Å²) in [5, 5.41) is 7.62. The standard InChI is InChI=1S/C22H17N3OS/c1-13(2)19-18-20(15-10-6-7-11-16(15)21(18)26)25(24-19)22-23-17(12-27-22)14-8-4-3-5-9-14/h3-13H,1-2H3. The van der Waals surface area contributed by atoms with Crippen molar-refractivity contribution in [1.82, 2.24) is 14.8 Å². The Kier molecular flexibility index (Phi) is 3.58. The molecule has 2 aromatic heterocycles. The lowest BCUT2D eigenvalue weighted by molar-refractivity contribution is 0.104. The van der Waals surface area contributed by atoms with E-state index in [0.29, 0.717) is 0 Å². The van der Waals surface area contributed by atoms with E-state index in [9.17, 15) is 4.79 Å². The SMILES string of the molecule is CC(C)c1nn(-c2nc(-c3ccccc3)cs2)c2c1C(=O)c1ccccc1-2. The fourth-order valence-corrected chi connectivity index (χ4v) is 4.36. The lowest BCUT2D eigenvalue weighted by Gasteiger charge is -2.04. The highest BCUT2D eigenvalue weighted by Gasteiger charge is 2.36. The third-order valence-corrected chi connectivity index (χ3v) is 5.67. The molecule has 0 atom stereocenters. The summed E-state index contributed by atoms with van der Waals surface area (Å²) in [7, 11) is 0. The molecule has 132 valence electrons. The van der Waals surface area contributed by atoms with Crippen LogP contribution in [0, 0.1) is 0 Å². The van der Waals surface area contributed by atoms with Gasteiger partial charge < -0.3 is 0 Å². The van der Waals surface area contributed by atoms with Gasteiger partial charge in [0.15, 0.2) is 5.78 Å². The summed E-state index contributed by atoms with van der Waals surface area (Å²) >= 11 is 1.54. The predicted molar refractivity (Wildman–Crippen MR) is 108 cm³/mol. The molecule has 0 spiro atoms. The van der Waals surface area contributed by atoms with Crippen molar-refractivity contribution in [3.05, 3.63) is 76.8 Å². The molecule has 4 aromatic rings. The first-order valence-electron chi connectivity index (χ1n) is 8.93. The molecular formula is C22H17N3OS. The minimum atomic E-state index is 0.0652. The van der Waals surface area contributed by atoms with Gasteiger partial charge in [0.2, 0.25) is 5.13 Å². The second kappa shape index (κ2) is 5.99. The van der Waals surface area contributed by atoms with E-state index in [1.807, 2.05) is 64.7 Å². The van der Waals surface area contributed by atoms with Crippen LogP contribution in [0.3, 0.4) is 0 Å². The normalized spacial score (nSPS) is 12.5. The van der Waals surface area contributed by atoms with Crippen LogP contribution in [0.25, 0.3) is 27.6 Å². The molecule has 1 aliphatic rings. The van der Waals surface area contributed by atoms with Crippen LogP contribution in [0.4, 0.5) is 0 Å². The van der Waals surface area contributed by atoms with Gasteiger partial charge in [0.05, 0.1) is 22.6 Å². The van der Waals surface area contributed by atoms with Crippen molar-refractivity contribution in [2.24, 2.45) is 0 Å². The topological polar surface area (TPSA) is 47.8 Å². The Hall–Kier alpha value is -3.05. The first-order valence-corrected chi connectivity index (χ1v) is 9.81. The molecule has 0 amide bonds. The number of hydrogen-bond acceptors (Lipinski definition) is 4. The van der Waals surface area contributed by atoms with Gasteiger partial charge in [0.25, 0.3) is 0 Å². The molecule has 5 rings (SSSR count). The zero-order valence-corrected chi connectivity index (χ0v) is 15.8. The summed E-state index contributed by atoms with van der Waals surface area (Å²) in [5.41, 5.74) is 6.11. The largest absolute Gasteiger partial charge is 0.288 e.